The minimum Gasteiger partial charge on any atom is -0.368 e. The lowest BCUT2D eigenvalue weighted by Crippen LogP contribution is -2.05. The molecule has 0 spiro atoms. The molecule has 0 aliphatic heterocycles. The Hall–Kier alpha value is -2.64. The lowest BCUT2D eigenvalue weighted by Gasteiger charge is -2.09. The number of H-pyrrole nitrogens is 1. The molecule has 3 N–H and O–H groups in total. The van der Waals surface area contributed by atoms with E-state index >= 15 is 0 Å². The maximum Gasteiger partial charge on any atom is 0.416 e. The van der Waals surface area contributed by atoms with Crippen LogP contribution in [0, 0.1) is 0 Å². The minimum atomic E-state index is -4.43. The van der Waals surface area contributed by atoms with Crippen molar-refractivity contribution < 1.29 is 13.2 Å². The first-order chi connectivity index (χ1) is 9.45. The highest BCUT2D eigenvalue weighted by molar-refractivity contribution is 5.92. The van der Waals surface area contributed by atoms with Gasteiger partial charge < -0.3 is 5.73 Å². The molecule has 0 radical (unpaired) electrons. The van der Waals surface area contributed by atoms with Crippen LogP contribution in [-0.2, 0) is 6.18 Å². The molecule has 20 heavy (non-hydrogen) atoms. The average Bonchev–Trinajstić information content (AvgIpc) is 2.89. The molecule has 0 fully saturated rings. The van der Waals surface area contributed by atoms with Crippen molar-refractivity contribution in [2.45, 2.75) is 6.18 Å². The number of halogens is 3. The molecule has 0 unspecified atom stereocenters. The minimum absolute atomic E-state index is 0.0122. The van der Waals surface area contributed by atoms with Crippen LogP contribution in [0.5, 0.6) is 0 Å². The summed E-state index contributed by atoms with van der Waals surface area (Å²) in [5.41, 5.74) is 5.92. The average molecular weight is 279 g/mol. The van der Waals surface area contributed by atoms with Crippen LogP contribution in [0.15, 0.2) is 30.5 Å². The van der Waals surface area contributed by atoms with Gasteiger partial charge in [0.25, 0.3) is 0 Å². The summed E-state index contributed by atoms with van der Waals surface area (Å²) in [6.45, 7) is 0. The molecule has 0 atom stereocenters. The van der Waals surface area contributed by atoms with Crippen molar-refractivity contribution >= 4 is 16.9 Å². The van der Waals surface area contributed by atoms with Crippen LogP contribution in [0.3, 0.4) is 0 Å². The van der Waals surface area contributed by atoms with Crippen molar-refractivity contribution in [3.05, 3.63) is 36.0 Å². The second-order valence-electron chi connectivity index (χ2n) is 4.13. The fraction of sp³-hybridized carbons (Fsp3) is 0.0833. The van der Waals surface area contributed by atoms with Gasteiger partial charge in [-0.3, -0.25) is 5.10 Å². The number of anilines is 1. The first kappa shape index (κ1) is 12.4. The number of rotatable bonds is 1. The molecular formula is C12H8F3N5. The summed E-state index contributed by atoms with van der Waals surface area (Å²) in [5.74, 6) is -0.0122. The number of alkyl halides is 3. The number of hydrogen-bond acceptors (Lipinski definition) is 4. The van der Waals surface area contributed by atoms with E-state index in [2.05, 4.69) is 20.2 Å². The van der Waals surface area contributed by atoms with Crippen molar-refractivity contribution in [3.63, 3.8) is 0 Å². The molecular weight excluding hydrogens is 271 g/mol. The Morgan fingerprint density at radius 1 is 1.10 bits per heavy atom. The molecule has 2 heterocycles. The first-order valence-electron chi connectivity index (χ1n) is 5.59. The van der Waals surface area contributed by atoms with Gasteiger partial charge in [-0.15, -0.1) is 0 Å². The fourth-order valence-electron chi connectivity index (χ4n) is 1.92. The molecule has 2 aromatic heterocycles. The molecule has 0 aliphatic carbocycles. The zero-order chi connectivity index (χ0) is 14.3. The Morgan fingerprint density at radius 3 is 2.55 bits per heavy atom. The molecule has 0 aliphatic rings. The standard InChI is InChI=1S/C12H8F3N5/c13-12(14,15)6-1-2-8-7(5-6)10(19-11(16)18-8)9-3-4-17-20-9/h1-5H,(H,17,20)(H2,16,18,19). The predicted molar refractivity (Wildman–Crippen MR) is 66.5 cm³/mol. The van der Waals surface area contributed by atoms with E-state index in [4.69, 9.17) is 5.73 Å². The molecule has 1 aromatic carbocycles. The van der Waals surface area contributed by atoms with E-state index < -0.39 is 11.7 Å². The number of hydrogen-bond donors (Lipinski definition) is 2. The normalized spacial score (nSPS) is 11.9. The maximum atomic E-state index is 12.8. The third-order valence-electron chi connectivity index (χ3n) is 2.80. The van der Waals surface area contributed by atoms with Gasteiger partial charge in [0.2, 0.25) is 5.95 Å². The molecule has 0 saturated carbocycles. The van der Waals surface area contributed by atoms with Crippen LogP contribution < -0.4 is 5.73 Å². The van der Waals surface area contributed by atoms with E-state index in [1.54, 1.807) is 6.07 Å². The molecule has 3 aromatic rings. The zero-order valence-corrected chi connectivity index (χ0v) is 9.94. The van der Waals surface area contributed by atoms with Gasteiger partial charge in [-0.1, -0.05) is 0 Å². The fourth-order valence-corrected chi connectivity index (χ4v) is 1.92. The Labute approximate surface area is 110 Å². The number of aromatic nitrogens is 4. The molecule has 5 nitrogen and oxygen atoms in total. The summed E-state index contributed by atoms with van der Waals surface area (Å²) < 4.78 is 38.4. The highest BCUT2D eigenvalue weighted by Crippen LogP contribution is 2.33. The largest absolute Gasteiger partial charge is 0.416 e. The second-order valence-corrected chi connectivity index (χ2v) is 4.13. The van der Waals surface area contributed by atoms with Gasteiger partial charge in [-0.05, 0) is 24.3 Å². The number of nitrogens with one attached hydrogen (secondary N) is 1. The summed E-state index contributed by atoms with van der Waals surface area (Å²) in [7, 11) is 0. The van der Waals surface area contributed by atoms with E-state index in [1.165, 1.54) is 12.3 Å². The lowest BCUT2D eigenvalue weighted by molar-refractivity contribution is -0.137. The number of benzene rings is 1. The smallest absolute Gasteiger partial charge is 0.368 e. The van der Waals surface area contributed by atoms with Crippen molar-refractivity contribution in [2.75, 3.05) is 5.73 Å². The predicted octanol–water partition coefficient (Wildman–Crippen LogP) is 2.62. The molecule has 0 saturated heterocycles. The highest BCUT2D eigenvalue weighted by Gasteiger charge is 2.31. The number of nitrogen functional groups attached to an aromatic ring is 1. The Morgan fingerprint density at radius 2 is 1.90 bits per heavy atom. The lowest BCUT2D eigenvalue weighted by atomic mass is 10.1. The topological polar surface area (TPSA) is 80.5 Å². The van der Waals surface area contributed by atoms with Gasteiger partial charge in [-0.25, -0.2) is 9.97 Å². The molecule has 0 bridgehead atoms. The summed E-state index contributed by atoms with van der Waals surface area (Å²) in [6, 6.07) is 4.84. The van der Waals surface area contributed by atoms with Crippen molar-refractivity contribution in [1.82, 2.24) is 20.2 Å². The van der Waals surface area contributed by atoms with Gasteiger partial charge >= 0.3 is 6.18 Å². The SMILES string of the molecule is Nc1nc(-c2ccn[nH]2)c2cc(C(F)(F)F)ccc2n1. The number of aromatic amines is 1. The van der Waals surface area contributed by atoms with Gasteiger partial charge in [0, 0.05) is 11.6 Å². The van der Waals surface area contributed by atoms with E-state index in [1.807, 2.05) is 0 Å². The van der Waals surface area contributed by atoms with Crippen molar-refractivity contribution in [1.29, 1.82) is 0 Å². The summed E-state index contributed by atoms with van der Waals surface area (Å²) >= 11 is 0. The van der Waals surface area contributed by atoms with E-state index in [9.17, 15) is 13.2 Å². The van der Waals surface area contributed by atoms with Crippen molar-refractivity contribution in [2.24, 2.45) is 0 Å². The Kier molecular flexibility index (Phi) is 2.60. The molecule has 8 heteroatoms. The van der Waals surface area contributed by atoms with Gasteiger partial charge in [0.1, 0.15) is 5.69 Å². The van der Waals surface area contributed by atoms with Gasteiger partial charge in [0.15, 0.2) is 0 Å². The molecule has 0 amide bonds. The summed E-state index contributed by atoms with van der Waals surface area (Å²) in [6.07, 6.45) is -2.95. The van der Waals surface area contributed by atoms with E-state index in [-0.39, 0.29) is 17.0 Å². The molecule has 3 rings (SSSR count). The Balaban J connectivity index is 2.32. The third kappa shape index (κ3) is 2.04. The highest BCUT2D eigenvalue weighted by atomic mass is 19.4. The second kappa shape index (κ2) is 4.19. The number of fused-ring (bicyclic) bond motifs is 1. The van der Waals surface area contributed by atoms with E-state index in [0.717, 1.165) is 12.1 Å². The van der Waals surface area contributed by atoms with Gasteiger partial charge in [-0.2, -0.15) is 18.3 Å². The summed E-state index contributed by atoms with van der Waals surface area (Å²) in [4.78, 5) is 7.93. The number of nitrogens with two attached hydrogens (primary N) is 1. The van der Waals surface area contributed by atoms with E-state index in [0.29, 0.717) is 11.2 Å². The molecule has 102 valence electrons. The van der Waals surface area contributed by atoms with Crippen LogP contribution in [0.4, 0.5) is 19.1 Å². The quantitative estimate of drug-likeness (QED) is 0.717. The maximum absolute atomic E-state index is 12.8. The summed E-state index contributed by atoms with van der Waals surface area (Å²) in [5, 5.41) is 6.67. The third-order valence-corrected chi connectivity index (χ3v) is 2.80. The monoisotopic (exact) mass is 279 g/mol. The van der Waals surface area contributed by atoms with Crippen LogP contribution in [0.25, 0.3) is 22.3 Å². The zero-order valence-electron chi connectivity index (χ0n) is 9.94. The van der Waals surface area contributed by atoms with Crippen LogP contribution >= 0.6 is 0 Å². The first-order valence-corrected chi connectivity index (χ1v) is 5.59. The van der Waals surface area contributed by atoms with Crippen LogP contribution in [-0.4, -0.2) is 20.2 Å². The number of nitrogens with zero attached hydrogens (tertiary/aromatic N) is 3. The van der Waals surface area contributed by atoms with Crippen LogP contribution in [0.2, 0.25) is 0 Å². The Bertz CT molecular complexity index is 765. The van der Waals surface area contributed by atoms with Crippen LogP contribution in [0.1, 0.15) is 5.56 Å². The van der Waals surface area contributed by atoms with Gasteiger partial charge in [0.05, 0.1) is 16.8 Å². The van der Waals surface area contributed by atoms with Crippen molar-refractivity contribution in [3.8, 4) is 11.4 Å².